The summed E-state index contributed by atoms with van der Waals surface area (Å²) in [5.74, 6) is 0. The summed E-state index contributed by atoms with van der Waals surface area (Å²) in [6, 6.07) is 8.11. The molecule has 0 aliphatic rings. The summed E-state index contributed by atoms with van der Waals surface area (Å²) in [5.41, 5.74) is 2.18. The molecule has 2 heteroatoms. The predicted octanol–water partition coefficient (Wildman–Crippen LogP) is 2.37. The van der Waals surface area contributed by atoms with Gasteiger partial charge in [0, 0.05) is 24.1 Å². The highest BCUT2D eigenvalue weighted by Gasteiger charge is 1.97. The summed E-state index contributed by atoms with van der Waals surface area (Å²) in [6.07, 6.45) is 1.91. The zero-order chi connectivity index (χ0) is 7.68. The Morgan fingerprint density at radius 1 is 1.27 bits per heavy atom. The number of benzene rings is 1. The number of anilines is 1. The molecule has 2 aromatic rings. The lowest BCUT2D eigenvalue weighted by Gasteiger charge is -1.93. The van der Waals surface area contributed by atoms with Crippen molar-refractivity contribution in [2.45, 2.75) is 0 Å². The Balaban J connectivity index is 2.76. The van der Waals surface area contributed by atoms with E-state index in [1.54, 1.807) is 0 Å². The van der Waals surface area contributed by atoms with E-state index in [1.807, 2.05) is 24.4 Å². The van der Waals surface area contributed by atoms with Gasteiger partial charge in [-0.25, -0.2) is 0 Å². The zero-order valence-corrected chi connectivity index (χ0v) is 6.09. The number of hydrogen-bond acceptors (Lipinski definition) is 1. The van der Waals surface area contributed by atoms with Gasteiger partial charge >= 0.3 is 0 Å². The highest BCUT2D eigenvalue weighted by atomic mass is 14.9. The fraction of sp³-hybridized carbons (Fsp3) is 0. The van der Waals surface area contributed by atoms with Crippen LogP contribution in [-0.4, -0.2) is 4.98 Å². The molecule has 11 heavy (non-hydrogen) atoms. The van der Waals surface area contributed by atoms with Gasteiger partial charge in [-0.2, -0.15) is 0 Å². The van der Waals surface area contributed by atoms with Gasteiger partial charge < -0.3 is 10.3 Å². The Kier molecular flexibility index (Phi) is 1.32. The maximum absolute atomic E-state index is 3.61. The van der Waals surface area contributed by atoms with Crippen LogP contribution in [-0.2, 0) is 0 Å². The molecule has 0 aliphatic heterocycles. The molecule has 55 valence electrons. The second-order valence-corrected chi connectivity index (χ2v) is 2.42. The fourth-order valence-electron chi connectivity index (χ4n) is 1.22. The highest BCUT2D eigenvalue weighted by molar-refractivity contribution is 5.92. The number of nitrogens with one attached hydrogen (secondary N) is 2. The van der Waals surface area contributed by atoms with Crippen molar-refractivity contribution in [1.82, 2.24) is 4.98 Å². The van der Waals surface area contributed by atoms with E-state index in [1.165, 1.54) is 5.39 Å². The van der Waals surface area contributed by atoms with Crippen molar-refractivity contribution < 1.29 is 0 Å². The molecule has 1 aromatic heterocycles. The third-order valence-electron chi connectivity index (χ3n) is 1.78. The average molecular weight is 145 g/mol. The number of aromatic amines is 1. The standard InChI is InChI=1S/C9H9N2/c1-10-9-6-11-8-5-3-2-4-7(8)9/h2-6,10-11H,1H2. The minimum Gasteiger partial charge on any atom is -0.382 e. The molecule has 1 radical (unpaired) electrons. The van der Waals surface area contributed by atoms with E-state index in [0.29, 0.717) is 0 Å². The van der Waals surface area contributed by atoms with Crippen molar-refractivity contribution in [1.29, 1.82) is 0 Å². The third kappa shape index (κ3) is 0.871. The number of fused-ring (bicyclic) bond motifs is 1. The molecule has 0 atom stereocenters. The Hall–Kier alpha value is -1.44. The van der Waals surface area contributed by atoms with Gasteiger partial charge in [0.1, 0.15) is 0 Å². The molecule has 0 aliphatic carbocycles. The molecule has 2 N–H and O–H groups in total. The lowest BCUT2D eigenvalue weighted by Crippen LogP contribution is -1.79. The average Bonchev–Trinajstić information content (AvgIpc) is 2.47. The molecule has 1 heterocycles. The van der Waals surface area contributed by atoms with Crippen LogP contribution >= 0.6 is 0 Å². The van der Waals surface area contributed by atoms with Gasteiger partial charge in [0.15, 0.2) is 0 Å². The molecule has 0 amide bonds. The van der Waals surface area contributed by atoms with Gasteiger partial charge in [-0.1, -0.05) is 18.2 Å². The van der Waals surface area contributed by atoms with Crippen LogP contribution in [0.15, 0.2) is 30.5 Å². The van der Waals surface area contributed by atoms with E-state index in [9.17, 15) is 0 Å². The first kappa shape index (κ1) is 6.28. The van der Waals surface area contributed by atoms with Gasteiger partial charge in [-0.3, -0.25) is 0 Å². The van der Waals surface area contributed by atoms with Gasteiger partial charge in [0.05, 0.1) is 5.69 Å². The number of para-hydroxylation sites is 1. The number of hydrogen-bond donors (Lipinski definition) is 2. The van der Waals surface area contributed by atoms with Crippen LogP contribution in [0.3, 0.4) is 0 Å². The molecule has 0 bridgehead atoms. The molecule has 2 nitrogen and oxygen atoms in total. The van der Waals surface area contributed by atoms with Gasteiger partial charge in [0.25, 0.3) is 0 Å². The van der Waals surface area contributed by atoms with E-state index in [0.717, 1.165) is 11.2 Å². The molecule has 0 spiro atoms. The Labute approximate surface area is 65.2 Å². The zero-order valence-electron chi connectivity index (χ0n) is 6.09. The van der Waals surface area contributed by atoms with E-state index < -0.39 is 0 Å². The van der Waals surface area contributed by atoms with Gasteiger partial charge in [-0.15, -0.1) is 0 Å². The Bertz CT molecular complexity index is 362. The van der Waals surface area contributed by atoms with Crippen molar-refractivity contribution in [3.8, 4) is 0 Å². The summed E-state index contributed by atoms with van der Waals surface area (Å²) in [4.78, 5) is 3.14. The minimum atomic E-state index is 1.04. The summed E-state index contributed by atoms with van der Waals surface area (Å²) in [7, 11) is 3.61. The van der Waals surface area contributed by atoms with Crippen molar-refractivity contribution >= 4 is 16.6 Å². The van der Waals surface area contributed by atoms with Crippen LogP contribution in [0.5, 0.6) is 0 Å². The first-order valence-electron chi connectivity index (χ1n) is 3.51. The van der Waals surface area contributed by atoms with Crippen LogP contribution < -0.4 is 5.32 Å². The van der Waals surface area contributed by atoms with Crippen molar-refractivity contribution in [2.75, 3.05) is 5.32 Å². The maximum Gasteiger partial charge on any atom is 0.0598 e. The summed E-state index contributed by atoms with van der Waals surface area (Å²) in [5, 5.41) is 4.05. The van der Waals surface area contributed by atoms with E-state index >= 15 is 0 Å². The largest absolute Gasteiger partial charge is 0.382 e. The van der Waals surface area contributed by atoms with Gasteiger partial charge in [0.2, 0.25) is 0 Å². The topological polar surface area (TPSA) is 27.8 Å². The monoisotopic (exact) mass is 145 g/mol. The maximum atomic E-state index is 3.61. The van der Waals surface area contributed by atoms with Gasteiger partial charge in [-0.05, 0) is 6.07 Å². The van der Waals surface area contributed by atoms with E-state index in [4.69, 9.17) is 0 Å². The third-order valence-corrected chi connectivity index (χ3v) is 1.78. The minimum absolute atomic E-state index is 1.04. The van der Waals surface area contributed by atoms with Crippen LogP contribution in [0.1, 0.15) is 0 Å². The highest BCUT2D eigenvalue weighted by Crippen LogP contribution is 2.21. The first-order valence-corrected chi connectivity index (χ1v) is 3.51. The first-order chi connectivity index (χ1) is 5.42. The SMILES string of the molecule is [CH2]Nc1c[nH]c2ccccc12. The molecule has 1 aromatic carbocycles. The van der Waals surface area contributed by atoms with Crippen molar-refractivity contribution in [3.63, 3.8) is 0 Å². The van der Waals surface area contributed by atoms with Crippen molar-refractivity contribution in [2.24, 2.45) is 0 Å². The lowest BCUT2D eigenvalue weighted by atomic mass is 10.2. The van der Waals surface area contributed by atoms with Crippen molar-refractivity contribution in [3.05, 3.63) is 37.5 Å². The predicted molar refractivity (Wildman–Crippen MR) is 47.3 cm³/mol. The van der Waals surface area contributed by atoms with Crippen LogP contribution in [0.4, 0.5) is 5.69 Å². The molecular formula is C9H9N2. The summed E-state index contributed by atoms with van der Waals surface area (Å²) in [6.45, 7) is 0. The smallest absolute Gasteiger partial charge is 0.0598 e. The second-order valence-electron chi connectivity index (χ2n) is 2.42. The Morgan fingerprint density at radius 2 is 2.09 bits per heavy atom. The van der Waals surface area contributed by atoms with Crippen LogP contribution in [0.25, 0.3) is 10.9 Å². The molecular weight excluding hydrogens is 136 g/mol. The normalized spacial score (nSPS) is 10.3. The van der Waals surface area contributed by atoms with Crippen LogP contribution in [0.2, 0.25) is 0 Å². The number of aromatic nitrogens is 1. The van der Waals surface area contributed by atoms with E-state index in [2.05, 4.69) is 23.4 Å². The van der Waals surface area contributed by atoms with Crippen LogP contribution in [0, 0.1) is 7.05 Å². The second kappa shape index (κ2) is 2.31. The Morgan fingerprint density at radius 3 is 2.91 bits per heavy atom. The summed E-state index contributed by atoms with van der Waals surface area (Å²) < 4.78 is 0. The molecule has 2 rings (SSSR count). The lowest BCUT2D eigenvalue weighted by molar-refractivity contribution is 1.47. The molecule has 0 saturated carbocycles. The molecule has 0 unspecified atom stereocenters. The number of rotatable bonds is 1. The fourth-order valence-corrected chi connectivity index (χ4v) is 1.22. The molecule has 0 saturated heterocycles. The molecule has 0 fully saturated rings. The van der Waals surface area contributed by atoms with E-state index in [-0.39, 0.29) is 0 Å². The summed E-state index contributed by atoms with van der Waals surface area (Å²) >= 11 is 0. The number of H-pyrrole nitrogens is 1. The quantitative estimate of drug-likeness (QED) is 0.633.